The highest BCUT2D eigenvalue weighted by molar-refractivity contribution is 5.85. The molecule has 3 heterocycles. The van der Waals surface area contributed by atoms with Gasteiger partial charge in [-0.25, -0.2) is 4.79 Å². The second kappa shape index (κ2) is 5.60. The van der Waals surface area contributed by atoms with Crippen LogP contribution in [0, 0.1) is 0 Å². The van der Waals surface area contributed by atoms with Gasteiger partial charge in [0.05, 0.1) is 12.2 Å². The first kappa shape index (κ1) is 16.7. The van der Waals surface area contributed by atoms with E-state index < -0.39 is 16.8 Å². The first-order valence-electron chi connectivity index (χ1n) is 8.80. The molecular formula is C19H23N4O3+. The van der Waals surface area contributed by atoms with Gasteiger partial charge in [-0.1, -0.05) is 18.2 Å². The molecule has 1 atom stereocenters. The lowest BCUT2D eigenvalue weighted by Gasteiger charge is -2.27. The maximum Gasteiger partial charge on any atom is 0.331 e. The summed E-state index contributed by atoms with van der Waals surface area (Å²) in [6.07, 6.45) is 0.882. The molecule has 3 aromatic rings. The molecule has 0 aliphatic carbocycles. The lowest BCUT2D eigenvalue weighted by atomic mass is 9.95. The fraction of sp³-hybridized carbons (Fsp3) is 0.368. The third-order valence-corrected chi connectivity index (χ3v) is 5.06. The highest BCUT2D eigenvalue weighted by atomic mass is 16.3. The molecule has 0 saturated carbocycles. The van der Waals surface area contributed by atoms with Crippen LogP contribution in [0.2, 0.25) is 0 Å². The molecule has 1 aromatic carbocycles. The van der Waals surface area contributed by atoms with Gasteiger partial charge in [0, 0.05) is 22.9 Å². The van der Waals surface area contributed by atoms with Crippen LogP contribution in [-0.4, -0.2) is 26.2 Å². The standard InChI is InChI=1S/C19H22N4O3/c1-19(2,3)23-17(25)13(16(24)22-18(23)26)15-14-11(8-9-20-15)10-6-4-5-7-12(10)21-14/h4-7,15,20-21,25H,8-9H2,1-3H3,(H,22,24,26)/p+1/t15-/m0/s1. The van der Waals surface area contributed by atoms with Gasteiger partial charge in [0.15, 0.2) is 6.04 Å². The van der Waals surface area contributed by atoms with E-state index in [0.717, 1.165) is 29.6 Å². The Morgan fingerprint density at radius 3 is 2.65 bits per heavy atom. The number of nitrogens with two attached hydrogens (primary N) is 1. The summed E-state index contributed by atoms with van der Waals surface area (Å²) in [5.41, 5.74) is 1.51. The van der Waals surface area contributed by atoms with Crippen LogP contribution in [0.1, 0.15) is 43.6 Å². The predicted octanol–water partition coefficient (Wildman–Crippen LogP) is 0.687. The van der Waals surface area contributed by atoms with E-state index in [1.165, 1.54) is 10.1 Å². The molecule has 26 heavy (non-hydrogen) atoms. The van der Waals surface area contributed by atoms with Gasteiger partial charge >= 0.3 is 5.69 Å². The van der Waals surface area contributed by atoms with E-state index in [9.17, 15) is 14.7 Å². The third kappa shape index (κ3) is 2.39. The largest absolute Gasteiger partial charge is 0.494 e. The van der Waals surface area contributed by atoms with Crippen LogP contribution in [0.5, 0.6) is 5.88 Å². The minimum atomic E-state index is -0.655. The molecule has 0 spiro atoms. The van der Waals surface area contributed by atoms with Crippen LogP contribution >= 0.6 is 0 Å². The normalized spacial score (nSPS) is 17.4. The second-order valence-corrected chi connectivity index (χ2v) is 7.82. The Morgan fingerprint density at radius 1 is 1.19 bits per heavy atom. The molecule has 0 amide bonds. The lowest BCUT2D eigenvalue weighted by molar-refractivity contribution is -0.690. The number of nitrogens with zero attached hydrogens (tertiary/aromatic N) is 1. The van der Waals surface area contributed by atoms with Crippen LogP contribution in [0.4, 0.5) is 0 Å². The summed E-state index contributed by atoms with van der Waals surface area (Å²) in [5, 5.41) is 14.0. The molecule has 1 aliphatic heterocycles. The number of aromatic hydroxyl groups is 1. The summed E-state index contributed by atoms with van der Waals surface area (Å²) in [6.45, 7) is 6.24. The zero-order valence-electron chi connectivity index (χ0n) is 15.1. The SMILES string of the molecule is CC(C)(C)n1c(O)c([C@@H]2[NH2+]CCc3c2[nH]c2ccccc32)c(=O)[nH]c1=O. The topological polar surface area (TPSA) is 107 Å². The van der Waals surface area contributed by atoms with Crippen molar-refractivity contribution >= 4 is 10.9 Å². The Morgan fingerprint density at radius 2 is 1.92 bits per heavy atom. The van der Waals surface area contributed by atoms with E-state index in [0.29, 0.717) is 0 Å². The van der Waals surface area contributed by atoms with Gasteiger partial charge in [-0.3, -0.25) is 14.3 Å². The first-order chi connectivity index (χ1) is 12.3. The number of benzene rings is 1. The Kier molecular flexibility index (Phi) is 3.59. The van der Waals surface area contributed by atoms with E-state index in [4.69, 9.17) is 0 Å². The zero-order valence-corrected chi connectivity index (χ0v) is 15.1. The summed E-state index contributed by atoms with van der Waals surface area (Å²) in [6, 6.07) is 7.64. The van der Waals surface area contributed by atoms with Crippen molar-refractivity contribution < 1.29 is 10.4 Å². The number of quaternary nitrogens is 1. The average Bonchev–Trinajstić information content (AvgIpc) is 2.92. The highest BCUT2D eigenvalue weighted by Gasteiger charge is 2.35. The fourth-order valence-corrected chi connectivity index (χ4v) is 3.97. The number of nitrogens with one attached hydrogen (secondary N) is 2. The van der Waals surface area contributed by atoms with Crippen molar-refractivity contribution in [3.63, 3.8) is 0 Å². The Bertz CT molecular complexity index is 1110. The molecule has 0 unspecified atom stereocenters. The number of hydrogen-bond acceptors (Lipinski definition) is 3. The summed E-state index contributed by atoms with van der Waals surface area (Å²) in [5.74, 6) is -0.265. The van der Waals surface area contributed by atoms with Crippen molar-refractivity contribution in [2.24, 2.45) is 0 Å². The molecule has 0 bridgehead atoms. The first-order valence-corrected chi connectivity index (χ1v) is 8.80. The molecule has 0 saturated heterocycles. The molecular weight excluding hydrogens is 332 g/mol. The van der Waals surface area contributed by atoms with Crippen LogP contribution in [0.25, 0.3) is 10.9 Å². The van der Waals surface area contributed by atoms with Gasteiger partial charge in [-0.15, -0.1) is 0 Å². The summed E-state index contributed by atoms with van der Waals surface area (Å²) in [4.78, 5) is 30.6. The van der Waals surface area contributed by atoms with Crippen LogP contribution in [0.15, 0.2) is 33.9 Å². The van der Waals surface area contributed by atoms with Gasteiger partial charge in [0.25, 0.3) is 5.56 Å². The molecule has 4 rings (SSSR count). The number of rotatable bonds is 1. The van der Waals surface area contributed by atoms with Gasteiger partial charge in [0.1, 0.15) is 5.56 Å². The van der Waals surface area contributed by atoms with Crippen molar-refractivity contribution in [2.75, 3.05) is 6.54 Å². The summed E-state index contributed by atoms with van der Waals surface area (Å²) < 4.78 is 1.24. The van der Waals surface area contributed by atoms with E-state index >= 15 is 0 Å². The number of fused-ring (bicyclic) bond motifs is 3. The second-order valence-electron chi connectivity index (χ2n) is 7.82. The number of aromatic amines is 2. The number of hydrogen-bond donors (Lipinski definition) is 4. The Hall–Kier alpha value is -2.80. The molecule has 1 aliphatic rings. The Balaban J connectivity index is 1.99. The molecule has 2 aromatic heterocycles. The minimum absolute atomic E-state index is 0.215. The van der Waals surface area contributed by atoms with Crippen molar-refractivity contribution in [2.45, 2.75) is 38.8 Å². The van der Waals surface area contributed by atoms with Gasteiger partial charge in [-0.2, -0.15) is 0 Å². The van der Waals surface area contributed by atoms with E-state index in [1.807, 2.05) is 44.3 Å². The van der Waals surface area contributed by atoms with Crippen molar-refractivity contribution in [3.05, 3.63) is 61.9 Å². The third-order valence-electron chi connectivity index (χ3n) is 5.06. The zero-order chi connectivity index (χ0) is 18.6. The highest BCUT2D eigenvalue weighted by Crippen LogP contribution is 2.32. The van der Waals surface area contributed by atoms with E-state index in [1.54, 1.807) is 0 Å². The monoisotopic (exact) mass is 355 g/mol. The smallest absolute Gasteiger partial charge is 0.331 e. The van der Waals surface area contributed by atoms with Gasteiger partial charge in [-0.05, 0) is 32.4 Å². The molecule has 7 nitrogen and oxygen atoms in total. The molecule has 7 heteroatoms. The number of H-pyrrole nitrogens is 2. The molecule has 0 fully saturated rings. The lowest BCUT2D eigenvalue weighted by Crippen LogP contribution is -2.88. The van der Waals surface area contributed by atoms with Crippen LogP contribution in [0.3, 0.4) is 0 Å². The number of para-hydroxylation sites is 1. The van der Waals surface area contributed by atoms with Gasteiger partial charge < -0.3 is 15.4 Å². The van der Waals surface area contributed by atoms with Gasteiger partial charge in [0.2, 0.25) is 5.88 Å². The van der Waals surface area contributed by atoms with E-state index in [2.05, 4.69) is 16.0 Å². The Labute approximate surface area is 149 Å². The summed E-state index contributed by atoms with van der Waals surface area (Å²) in [7, 11) is 0. The predicted molar refractivity (Wildman–Crippen MR) is 98.6 cm³/mol. The molecule has 136 valence electrons. The quantitative estimate of drug-likeness (QED) is 0.516. The van der Waals surface area contributed by atoms with E-state index in [-0.39, 0.29) is 17.5 Å². The van der Waals surface area contributed by atoms with Crippen LogP contribution < -0.4 is 16.6 Å². The summed E-state index contributed by atoms with van der Waals surface area (Å²) >= 11 is 0. The number of aromatic nitrogens is 3. The molecule has 5 N–H and O–H groups in total. The minimum Gasteiger partial charge on any atom is -0.494 e. The van der Waals surface area contributed by atoms with Crippen LogP contribution in [-0.2, 0) is 12.0 Å². The van der Waals surface area contributed by atoms with Crippen molar-refractivity contribution in [1.82, 2.24) is 14.5 Å². The molecule has 0 radical (unpaired) electrons. The fourth-order valence-electron chi connectivity index (χ4n) is 3.97. The average molecular weight is 355 g/mol. The van der Waals surface area contributed by atoms with Crippen molar-refractivity contribution in [1.29, 1.82) is 0 Å². The van der Waals surface area contributed by atoms with Crippen molar-refractivity contribution in [3.8, 4) is 5.88 Å². The maximum atomic E-state index is 12.6. The maximum absolute atomic E-state index is 12.6.